The van der Waals surface area contributed by atoms with Crippen LogP contribution in [0.3, 0.4) is 0 Å². The number of aliphatic hydroxyl groups excluding tert-OH is 3. The maximum Gasteiger partial charge on any atom is 0.341 e. The average molecular weight is 564 g/mol. The van der Waals surface area contributed by atoms with Gasteiger partial charge in [0, 0.05) is 39.4 Å². The molecule has 0 heterocycles. The summed E-state index contributed by atoms with van der Waals surface area (Å²) in [4.78, 5) is 24.2. The third-order valence-electron chi connectivity index (χ3n) is 3.56. The molecule has 1 rings (SSSR count). The van der Waals surface area contributed by atoms with E-state index in [0.717, 1.165) is 0 Å². The number of ether oxygens (including phenoxy) is 1. The van der Waals surface area contributed by atoms with Crippen molar-refractivity contribution in [3.8, 4) is 5.75 Å². The Balaban J connectivity index is 3.22. The highest BCUT2D eigenvalue weighted by atomic mass is 35.5. The number of aliphatic carboxylic acids is 1. The largest absolute Gasteiger partial charge is 0.480 e. The van der Waals surface area contributed by atoms with Crippen LogP contribution in [-0.4, -0.2) is 86.9 Å². The topological polar surface area (TPSA) is 124 Å². The minimum Gasteiger partial charge on any atom is -0.480 e. The summed E-state index contributed by atoms with van der Waals surface area (Å²) >= 11 is 15.2. The molecule has 13 heteroatoms. The Morgan fingerprint density at radius 1 is 1.00 bits per heavy atom. The number of rotatable bonds is 17. The van der Waals surface area contributed by atoms with Crippen LogP contribution in [-0.2, 0) is 4.79 Å². The van der Waals surface area contributed by atoms with Gasteiger partial charge in [-0.3, -0.25) is 4.79 Å². The van der Waals surface area contributed by atoms with E-state index in [1.807, 2.05) is 0 Å². The minimum absolute atomic E-state index is 0.0461. The molecule has 0 amide bonds. The van der Waals surface area contributed by atoms with Crippen LogP contribution in [0.1, 0.15) is 10.4 Å². The van der Waals surface area contributed by atoms with Crippen molar-refractivity contribution in [2.45, 2.75) is 5.25 Å². The van der Waals surface area contributed by atoms with Crippen molar-refractivity contribution in [3.05, 3.63) is 38.7 Å². The van der Waals surface area contributed by atoms with E-state index < -0.39 is 12.6 Å². The normalized spacial score (nSPS) is 12.6. The predicted molar refractivity (Wildman–Crippen MR) is 137 cm³/mol. The first-order valence-corrected chi connectivity index (χ1v) is 14.6. The molecule has 0 aromatic heterocycles. The van der Waals surface area contributed by atoms with Gasteiger partial charge in [0.25, 0.3) is 0 Å². The van der Waals surface area contributed by atoms with Gasteiger partial charge in [-0.1, -0.05) is 44.8 Å². The monoisotopic (exact) mass is 562 g/mol. The zero-order chi connectivity index (χ0) is 23.9. The number of halogens is 2. The van der Waals surface area contributed by atoms with E-state index in [2.05, 4.69) is 0 Å². The van der Waals surface area contributed by atoms with Crippen molar-refractivity contribution in [1.82, 2.24) is 0 Å². The molecular formula is C19H24Cl2O7S4. The lowest BCUT2D eigenvalue weighted by Crippen LogP contribution is -2.20. The third kappa shape index (κ3) is 10.4. The number of carbonyl (C=O) groups excluding carboxylic acids is 1. The molecule has 4 N–H and O–H groups in total. The number of carboxylic acid groups (broad SMARTS) is 1. The highest BCUT2D eigenvalue weighted by molar-refractivity contribution is 8.76. The van der Waals surface area contributed by atoms with E-state index in [-0.39, 0.29) is 52.2 Å². The van der Waals surface area contributed by atoms with Crippen molar-refractivity contribution >= 4 is 80.1 Å². The molecule has 32 heavy (non-hydrogen) atoms. The first kappa shape index (κ1) is 29.8. The van der Waals surface area contributed by atoms with E-state index >= 15 is 0 Å². The molecule has 0 aliphatic carbocycles. The van der Waals surface area contributed by atoms with Crippen molar-refractivity contribution in [2.75, 3.05) is 49.4 Å². The number of ketones is 1. The SMILES string of the molecule is O=C(O)COc1ccc(C(=O)/C(=C/SCCO)C(CSSCCO)SCCO)c(Cl)c1Cl. The second kappa shape index (κ2) is 17.2. The van der Waals surface area contributed by atoms with Crippen LogP contribution in [0.5, 0.6) is 5.75 Å². The molecule has 0 radical (unpaired) electrons. The van der Waals surface area contributed by atoms with Crippen LogP contribution in [0.25, 0.3) is 0 Å². The maximum atomic E-state index is 13.4. The fourth-order valence-electron chi connectivity index (χ4n) is 2.22. The number of aliphatic hydroxyl groups is 3. The molecular weight excluding hydrogens is 539 g/mol. The Labute approximate surface area is 213 Å². The number of carboxylic acids is 1. The van der Waals surface area contributed by atoms with Gasteiger partial charge in [0.05, 0.1) is 24.8 Å². The van der Waals surface area contributed by atoms with Gasteiger partial charge in [0.2, 0.25) is 0 Å². The van der Waals surface area contributed by atoms with Crippen LogP contribution < -0.4 is 4.74 Å². The van der Waals surface area contributed by atoms with Crippen LogP contribution in [0.2, 0.25) is 10.0 Å². The lowest BCUT2D eigenvalue weighted by Gasteiger charge is -2.20. The van der Waals surface area contributed by atoms with Crippen LogP contribution in [0, 0.1) is 0 Å². The minimum atomic E-state index is -1.18. The van der Waals surface area contributed by atoms with Crippen LogP contribution in [0.15, 0.2) is 23.1 Å². The molecule has 0 spiro atoms. The molecule has 180 valence electrons. The standard InChI is InChI=1S/C19H24Cl2O7S4/c20-17-12(1-2-14(18(17)21)28-9-16(25)26)19(27)13(10-29-6-3-22)15(30-7-4-23)11-32-31-8-5-24/h1-2,10,15,22-24H,3-9,11H2,(H,25,26)/b13-10+. The lowest BCUT2D eigenvalue weighted by atomic mass is 10.0. The molecule has 1 unspecified atom stereocenters. The smallest absolute Gasteiger partial charge is 0.341 e. The Morgan fingerprint density at radius 2 is 1.69 bits per heavy atom. The highest BCUT2D eigenvalue weighted by Gasteiger charge is 2.26. The molecule has 0 aliphatic rings. The molecule has 0 saturated carbocycles. The molecule has 0 fully saturated rings. The maximum absolute atomic E-state index is 13.4. The number of hydrogen-bond donors (Lipinski definition) is 4. The zero-order valence-corrected chi connectivity index (χ0v) is 21.6. The third-order valence-corrected chi connectivity index (χ3v) is 9.11. The first-order chi connectivity index (χ1) is 15.4. The molecule has 1 aromatic rings. The van der Waals surface area contributed by atoms with E-state index in [1.54, 1.807) is 5.41 Å². The highest BCUT2D eigenvalue weighted by Crippen LogP contribution is 2.38. The molecule has 0 bridgehead atoms. The fourth-order valence-corrected chi connectivity index (χ4v) is 6.90. The Bertz CT molecular complexity index is 780. The van der Waals surface area contributed by atoms with Gasteiger partial charge in [0.1, 0.15) is 10.8 Å². The van der Waals surface area contributed by atoms with E-state index in [4.69, 9.17) is 43.3 Å². The summed E-state index contributed by atoms with van der Waals surface area (Å²) in [6.45, 7) is -0.664. The first-order valence-electron chi connectivity index (χ1n) is 9.24. The zero-order valence-electron chi connectivity index (χ0n) is 16.9. The quantitative estimate of drug-likeness (QED) is 0.0960. The van der Waals surface area contributed by atoms with Crippen molar-refractivity contribution in [1.29, 1.82) is 0 Å². The van der Waals surface area contributed by atoms with Gasteiger partial charge in [-0.25, -0.2) is 4.79 Å². The Kier molecular flexibility index (Phi) is 16.0. The predicted octanol–water partition coefficient (Wildman–Crippen LogP) is 3.72. The molecule has 0 saturated heterocycles. The number of thioether (sulfide) groups is 2. The van der Waals surface area contributed by atoms with Crippen LogP contribution >= 0.6 is 68.3 Å². The molecule has 1 atom stereocenters. The summed E-state index contributed by atoms with van der Waals surface area (Å²) in [6.07, 6.45) is 0. The van der Waals surface area contributed by atoms with E-state index in [1.165, 1.54) is 57.2 Å². The summed E-state index contributed by atoms with van der Waals surface area (Å²) in [5.74, 6) is 0.418. The Hall–Kier alpha value is -0.240. The van der Waals surface area contributed by atoms with Gasteiger partial charge < -0.3 is 25.2 Å². The fraction of sp³-hybridized carbons (Fsp3) is 0.474. The number of hydrogen-bond acceptors (Lipinski definition) is 10. The molecule has 7 nitrogen and oxygen atoms in total. The molecule has 0 aliphatic heterocycles. The summed E-state index contributed by atoms with van der Waals surface area (Å²) < 4.78 is 5.10. The van der Waals surface area contributed by atoms with Crippen molar-refractivity contribution in [2.24, 2.45) is 0 Å². The van der Waals surface area contributed by atoms with Gasteiger partial charge >= 0.3 is 5.97 Å². The summed E-state index contributed by atoms with van der Waals surface area (Å²) in [5.41, 5.74) is 0.578. The average Bonchev–Trinajstić information content (AvgIpc) is 2.77. The molecule has 1 aromatic carbocycles. The summed E-state index contributed by atoms with van der Waals surface area (Å²) in [5, 5.41) is 37.4. The number of carbonyl (C=O) groups is 2. The van der Waals surface area contributed by atoms with Gasteiger partial charge in [-0.2, -0.15) is 11.8 Å². The number of Topliss-reactive ketones (excluding diaryl/α,β-unsaturated/α-hetero) is 1. The summed E-state index contributed by atoms with van der Waals surface area (Å²) in [7, 11) is 2.98. The van der Waals surface area contributed by atoms with E-state index in [9.17, 15) is 14.7 Å². The second-order valence-corrected chi connectivity index (χ2v) is 11.5. The Morgan fingerprint density at radius 3 is 2.31 bits per heavy atom. The lowest BCUT2D eigenvalue weighted by molar-refractivity contribution is -0.139. The van der Waals surface area contributed by atoms with Gasteiger partial charge in [0.15, 0.2) is 12.4 Å². The van der Waals surface area contributed by atoms with Gasteiger partial charge in [-0.15, -0.1) is 11.8 Å². The van der Waals surface area contributed by atoms with Crippen molar-refractivity contribution < 1.29 is 34.8 Å². The van der Waals surface area contributed by atoms with E-state index in [0.29, 0.717) is 28.6 Å². The number of benzene rings is 1. The second-order valence-electron chi connectivity index (χ2n) is 5.83. The summed E-state index contributed by atoms with van der Waals surface area (Å²) in [6, 6.07) is 2.82. The van der Waals surface area contributed by atoms with Crippen LogP contribution in [0.4, 0.5) is 0 Å². The van der Waals surface area contributed by atoms with Gasteiger partial charge in [-0.05, 0) is 17.5 Å². The van der Waals surface area contributed by atoms with Crippen molar-refractivity contribution in [3.63, 3.8) is 0 Å².